The number of fused-ring (bicyclic) bond motifs is 2. The molecule has 1 aliphatic heterocycles. The number of carbonyl (C=O) groups excluding carboxylic acids is 2. The van der Waals surface area contributed by atoms with E-state index in [0.29, 0.717) is 26.4 Å². The zero-order chi connectivity index (χ0) is 16.8. The molecule has 6 nitrogen and oxygen atoms in total. The molecule has 0 aromatic heterocycles. The fourth-order valence-corrected chi connectivity index (χ4v) is 4.23. The van der Waals surface area contributed by atoms with Crippen molar-refractivity contribution in [1.29, 1.82) is 0 Å². The lowest BCUT2D eigenvalue weighted by molar-refractivity contribution is -0.0252. The van der Waals surface area contributed by atoms with Crippen molar-refractivity contribution in [2.24, 2.45) is 23.7 Å². The Kier molecular flexibility index (Phi) is 6.21. The first-order valence-corrected chi connectivity index (χ1v) is 9.31. The van der Waals surface area contributed by atoms with Gasteiger partial charge in [-0.3, -0.25) is 0 Å². The van der Waals surface area contributed by atoms with Gasteiger partial charge in [-0.2, -0.15) is 0 Å². The van der Waals surface area contributed by atoms with E-state index in [4.69, 9.17) is 18.9 Å². The minimum atomic E-state index is -0.571. The summed E-state index contributed by atoms with van der Waals surface area (Å²) in [5, 5.41) is 0. The third-order valence-electron chi connectivity index (χ3n) is 5.79. The third-order valence-corrected chi connectivity index (χ3v) is 5.79. The van der Waals surface area contributed by atoms with E-state index in [1.165, 1.54) is 0 Å². The van der Waals surface area contributed by atoms with Gasteiger partial charge in [0.15, 0.2) is 0 Å². The lowest BCUT2D eigenvalue weighted by Gasteiger charge is -2.32. The zero-order valence-electron chi connectivity index (χ0n) is 14.2. The van der Waals surface area contributed by atoms with Crippen LogP contribution in [-0.2, 0) is 18.9 Å². The minimum absolute atomic E-state index is 0.226. The number of carbonyl (C=O) groups is 2. The first kappa shape index (κ1) is 17.4. The van der Waals surface area contributed by atoms with Crippen LogP contribution in [0.3, 0.4) is 0 Å². The summed E-state index contributed by atoms with van der Waals surface area (Å²) in [4.78, 5) is 23.8. The van der Waals surface area contributed by atoms with Crippen LogP contribution in [0.25, 0.3) is 0 Å². The summed E-state index contributed by atoms with van der Waals surface area (Å²) in [6, 6.07) is 0. The highest BCUT2D eigenvalue weighted by atomic mass is 16.7. The Morgan fingerprint density at radius 3 is 1.00 bits per heavy atom. The van der Waals surface area contributed by atoms with Gasteiger partial charge in [-0.1, -0.05) is 25.7 Å². The van der Waals surface area contributed by atoms with Crippen molar-refractivity contribution in [3.8, 4) is 0 Å². The average Bonchev–Trinajstić information content (AvgIpc) is 2.62. The van der Waals surface area contributed by atoms with Gasteiger partial charge in [0.2, 0.25) is 0 Å². The SMILES string of the molecule is O=C1OCC2CCCCC2COC(=O)OCC2CCCCC2CO1. The van der Waals surface area contributed by atoms with Gasteiger partial charge < -0.3 is 18.9 Å². The number of hydrogen-bond donors (Lipinski definition) is 0. The van der Waals surface area contributed by atoms with E-state index in [1.807, 2.05) is 0 Å². The second-order valence-corrected chi connectivity index (χ2v) is 7.35. The normalized spacial score (nSPS) is 35.8. The second kappa shape index (κ2) is 8.58. The Bertz CT molecular complexity index is 361. The van der Waals surface area contributed by atoms with E-state index in [-0.39, 0.29) is 23.7 Å². The molecule has 24 heavy (non-hydrogen) atoms. The number of hydrogen-bond acceptors (Lipinski definition) is 6. The molecule has 1 saturated heterocycles. The summed E-state index contributed by atoms with van der Waals surface area (Å²) in [6.07, 6.45) is 7.28. The molecule has 3 fully saturated rings. The van der Waals surface area contributed by atoms with Crippen LogP contribution in [0.15, 0.2) is 0 Å². The highest BCUT2D eigenvalue weighted by Gasteiger charge is 2.31. The highest BCUT2D eigenvalue weighted by molar-refractivity contribution is 5.60. The molecule has 3 aliphatic rings. The molecule has 4 atom stereocenters. The lowest BCUT2D eigenvalue weighted by Crippen LogP contribution is -2.33. The highest BCUT2D eigenvalue weighted by Crippen LogP contribution is 2.32. The topological polar surface area (TPSA) is 71.1 Å². The molecular weight excluding hydrogens is 312 g/mol. The Hall–Kier alpha value is -1.46. The van der Waals surface area contributed by atoms with E-state index < -0.39 is 12.3 Å². The van der Waals surface area contributed by atoms with Crippen molar-refractivity contribution < 1.29 is 28.5 Å². The maximum absolute atomic E-state index is 11.9. The Balaban J connectivity index is 1.62. The molecular formula is C18H28O6. The zero-order valence-corrected chi connectivity index (χ0v) is 14.2. The van der Waals surface area contributed by atoms with Crippen LogP contribution in [0.2, 0.25) is 0 Å². The predicted octanol–water partition coefficient (Wildman–Crippen LogP) is 3.92. The van der Waals surface area contributed by atoms with Crippen LogP contribution in [0.1, 0.15) is 51.4 Å². The standard InChI is InChI=1S/C18H28O6/c19-17-21-9-13-5-1-2-6-14(13)10-22-18(20)24-12-16-8-4-3-7-15(16)11-23-17/h13-16H,1-12H2. The van der Waals surface area contributed by atoms with Crippen molar-refractivity contribution in [3.63, 3.8) is 0 Å². The number of rotatable bonds is 0. The summed E-state index contributed by atoms with van der Waals surface area (Å²) >= 11 is 0. The van der Waals surface area contributed by atoms with Gasteiger partial charge in [0.25, 0.3) is 0 Å². The fraction of sp³-hybridized carbons (Fsp3) is 0.889. The van der Waals surface area contributed by atoms with Crippen LogP contribution >= 0.6 is 0 Å². The molecule has 0 radical (unpaired) electrons. The maximum Gasteiger partial charge on any atom is 0.508 e. The average molecular weight is 340 g/mol. The summed E-state index contributed by atoms with van der Waals surface area (Å²) in [6.45, 7) is 1.37. The van der Waals surface area contributed by atoms with Crippen LogP contribution in [-0.4, -0.2) is 38.7 Å². The predicted molar refractivity (Wildman–Crippen MR) is 85.5 cm³/mol. The quantitative estimate of drug-likeness (QED) is 0.622. The molecule has 2 aliphatic carbocycles. The lowest BCUT2D eigenvalue weighted by atomic mass is 9.80. The first-order valence-electron chi connectivity index (χ1n) is 9.31. The largest absolute Gasteiger partial charge is 0.508 e. The van der Waals surface area contributed by atoms with Gasteiger partial charge in [-0.15, -0.1) is 0 Å². The van der Waals surface area contributed by atoms with Crippen molar-refractivity contribution in [2.75, 3.05) is 26.4 Å². The van der Waals surface area contributed by atoms with Crippen molar-refractivity contribution in [3.05, 3.63) is 0 Å². The molecule has 0 spiro atoms. The van der Waals surface area contributed by atoms with Crippen molar-refractivity contribution >= 4 is 12.3 Å². The number of ether oxygens (including phenoxy) is 4. The fourth-order valence-electron chi connectivity index (χ4n) is 4.23. The van der Waals surface area contributed by atoms with Crippen LogP contribution in [0, 0.1) is 23.7 Å². The Morgan fingerprint density at radius 1 is 0.500 bits per heavy atom. The van der Waals surface area contributed by atoms with Gasteiger partial charge in [-0.05, 0) is 49.4 Å². The minimum Gasteiger partial charge on any atom is -0.434 e. The maximum atomic E-state index is 11.9. The van der Waals surface area contributed by atoms with Crippen LogP contribution in [0.5, 0.6) is 0 Å². The Labute approximate surface area is 143 Å². The summed E-state index contributed by atoms with van der Waals surface area (Å²) in [5.41, 5.74) is 0. The summed E-state index contributed by atoms with van der Waals surface area (Å²) < 4.78 is 21.3. The van der Waals surface area contributed by atoms with E-state index >= 15 is 0 Å². The van der Waals surface area contributed by atoms with E-state index in [9.17, 15) is 9.59 Å². The molecule has 1 heterocycles. The third kappa shape index (κ3) is 4.77. The molecule has 4 unspecified atom stereocenters. The molecule has 136 valence electrons. The first-order chi connectivity index (χ1) is 11.7. The molecule has 6 heteroatoms. The van der Waals surface area contributed by atoms with Gasteiger partial charge in [0.05, 0.1) is 26.4 Å². The van der Waals surface area contributed by atoms with Crippen molar-refractivity contribution in [1.82, 2.24) is 0 Å². The van der Waals surface area contributed by atoms with Gasteiger partial charge in [0, 0.05) is 0 Å². The molecule has 0 bridgehead atoms. The van der Waals surface area contributed by atoms with Gasteiger partial charge in [-0.25, -0.2) is 9.59 Å². The van der Waals surface area contributed by atoms with E-state index in [2.05, 4.69) is 0 Å². The van der Waals surface area contributed by atoms with Crippen LogP contribution < -0.4 is 0 Å². The smallest absolute Gasteiger partial charge is 0.434 e. The summed E-state index contributed by atoms with van der Waals surface area (Å²) in [7, 11) is 0. The van der Waals surface area contributed by atoms with E-state index in [0.717, 1.165) is 51.4 Å². The molecule has 0 amide bonds. The molecule has 3 rings (SSSR count). The molecule has 0 aromatic carbocycles. The van der Waals surface area contributed by atoms with Crippen molar-refractivity contribution in [2.45, 2.75) is 51.4 Å². The second-order valence-electron chi connectivity index (χ2n) is 7.35. The Morgan fingerprint density at radius 2 is 0.750 bits per heavy atom. The molecule has 2 saturated carbocycles. The van der Waals surface area contributed by atoms with E-state index in [1.54, 1.807) is 0 Å². The summed E-state index contributed by atoms with van der Waals surface area (Å²) in [5.74, 6) is 0.905. The monoisotopic (exact) mass is 340 g/mol. The van der Waals surface area contributed by atoms with Crippen LogP contribution in [0.4, 0.5) is 9.59 Å². The van der Waals surface area contributed by atoms with Gasteiger partial charge >= 0.3 is 12.3 Å². The van der Waals surface area contributed by atoms with Gasteiger partial charge in [0.1, 0.15) is 0 Å². The molecule has 0 aromatic rings. The number of cyclic esters (lactones) is 4. The molecule has 0 N–H and O–H groups in total.